The van der Waals surface area contributed by atoms with Gasteiger partial charge < -0.3 is 4.74 Å². The maximum absolute atomic E-state index is 12.8. The van der Waals surface area contributed by atoms with Crippen molar-refractivity contribution in [1.82, 2.24) is 14.6 Å². The highest BCUT2D eigenvalue weighted by Gasteiger charge is 2.13. The van der Waals surface area contributed by atoms with Crippen LogP contribution in [0.2, 0.25) is 5.02 Å². The van der Waals surface area contributed by atoms with E-state index in [0.29, 0.717) is 26.1 Å². The summed E-state index contributed by atoms with van der Waals surface area (Å²) in [4.78, 5) is 29.0. The highest BCUT2D eigenvalue weighted by Crippen LogP contribution is 2.25. The molecule has 0 amide bonds. The van der Waals surface area contributed by atoms with Crippen molar-refractivity contribution in [1.29, 1.82) is 0 Å². The SMILES string of the molecule is CC(=O)Oc1c(C)cc(/C=c2/sc3nc(-c4ccc(Cl)cc4)nn3c2=O)cc1C. The van der Waals surface area contributed by atoms with Gasteiger partial charge in [0.2, 0.25) is 4.96 Å². The van der Waals surface area contributed by atoms with Gasteiger partial charge >= 0.3 is 5.97 Å². The van der Waals surface area contributed by atoms with Gasteiger partial charge in [-0.05, 0) is 73.0 Å². The molecule has 0 radical (unpaired) electrons. The topological polar surface area (TPSA) is 73.6 Å². The number of esters is 1. The molecule has 2 heterocycles. The van der Waals surface area contributed by atoms with E-state index < -0.39 is 0 Å². The number of carbonyl (C=O) groups is 1. The fraction of sp³-hybridized carbons (Fsp3) is 0.143. The number of aromatic nitrogens is 3. The van der Waals surface area contributed by atoms with Gasteiger partial charge in [0.15, 0.2) is 5.82 Å². The summed E-state index contributed by atoms with van der Waals surface area (Å²) < 4.78 is 7.10. The Morgan fingerprint density at radius 1 is 1.17 bits per heavy atom. The van der Waals surface area contributed by atoms with Crippen molar-refractivity contribution < 1.29 is 9.53 Å². The molecule has 0 spiro atoms. The lowest BCUT2D eigenvalue weighted by Gasteiger charge is -2.10. The highest BCUT2D eigenvalue weighted by atomic mass is 35.5. The van der Waals surface area contributed by atoms with E-state index in [1.165, 1.54) is 22.8 Å². The number of carbonyl (C=O) groups excluding carboxylic acids is 1. The molecule has 0 aliphatic rings. The van der Waals surface area contributed by atoms with Gasteiger partial charge in [0, 0.05) is 17.5 Å². The average molecular weight is 426 g/mol. The summed E-state index contributed by atoms with van der Waals surface area (Å²) in [5.74, 6) is 0.665. The van der Waals surface area contributed by atoms with Gasteiger partial charge in [-0.1, -0.05) is 22.9 Å². The molecule has 4 rings (SSSR count). The minimum Gasteiger partial charge on any atom is -0.426 e. The van der Waals surface area contributed by atoms with E-state index in [1.807, 2.05) is 38.1 Å². The van der Waals surface area contributed by atoms with E-state index >= 15 is 0 Å². The van der Waals surface area contributed by atoms with E-state index in [9.17, 15) is 9.59 Å². The molecule has 0 N–H and O–H groups in total. The zero-order valence-corrected chi connectivity index (χ0v) is 17.5. The molecular formula is C21H16ClN3O3S. The van der Waals surface area contributed by atoms with Crippen LogP contribution in [0, 0.1) is 13.8 Å². The summed E-state index contributed by atoms with van der Waals surface area (Å²) in [7, 11) is 0. The van der Waals surface area contributed by atoms with Crippen molar-refractivity contribution in [2.45, 2.75) is 20.8 Å². The van der Waals surface area contributed by atoms with Crippen molar-refractivity contribution in [2.75, 3.05) is 0 Å². The van der Waals surface area contributed by atoms with E-state index in [2.05, 4.69) is 10.1 Å². The summed E-state index contributed by atoms with van der Waals surface area (Å²) in [5.41, 5.74) is 3.06. The molecule has 0 saturated heterocycles. The second-order valence-electron chi connectivity index (χ2n) is 6.63. The Bertz CT molecular complexity index is 1330. The molecule has 0 bridgehead atoms. The molecule has 0 atom stereocenters. The van der Waals surface area contributed by atoms with Crippen LogP contribution in [0.1, 0.15) is 23.6 Å². The number of rotatable bonds is 3. The van der Waals surface area contributed by atoms with Crippen molar-refractivity contribution in [2.24, 2.45) is 0 Å². The predicted molar refractivity (Wildman–Crippen MR) is 114 cm³/mol. The minimum atomic E-state index is -0.364. The molecule has 6 nitrogen and oxygen atoms in total. The number of ether oxygens (including phenoxy) is 1. The molecule has 0 aliphatic carbocycles. The van der Waals surface area contributed by atoms with Gasteiger partial charge in [0.25, 0.3) is 5.56 Å². The number of fused-ring (bicyclic) bond motifs is 1. The van der Waals surface area contributed by atoms with Crippen LogP contribution in [0.15, 0.2) is 41.2 Å². The Morgan fingerprint density at radius 3 is 2.41 bits per heavy atom. The molecule has 8 heteroatoms. The molecule has 4 aromatic rings. The van der Waals surface area contributed by atoms with Crippen LogP contribution >= 0.6 is 22.9 Å². The van der Waals surface area contributed by atoms with Crippen molar-refractivity contribution in [3.05, 3.63) is 73.0 Å². The first kappa shape index (κ1) is 19.3. The first-order chi connectivity index (χ1) is 13.8. The van der Waals surface area contributed by atoms with Gasteiger partial charge in [0.1, 0.15) is 5.75 Å². The largest absolute Gasteiger partial charge is 0.426 e. The monoisotopic (exact) mass is 425 g/mol. The average Bonchev–Trinajstić information content (AvgIpc) is 3.19. The number of hydrogen-bond acceptors (Lipinski definition) is 6. The lowest BCUT2D eigenvalue weighted by Crippen LogP contribution is -2.23. The number of thiazole rings is 1. The summed E-state index contributed by atoms with van der Waals surface area (Å²) in [6.07, 6.45) is 1.79. The number of benzene rings is 2. The van der Waals surface area contributed by atoms with Gasteiger partial charge in [-0.3, -0.25) is 9.59 Å². The van der Waals surface area contributed by atoms with Gasteiger partial charge in [-0.25, -0.2) is 0 Å². The van der Waals surface area contributed by atoms with Crippen LogP contribution in [0.4, 0.5) is 0 Å². The minimum absolute atomic E-state index is 0.225. The lowest BCUT2D eigenvalue weighted by atomic mass is 10.1. The fourth-order valence-corrected chi connectivity index (χ4v) is 4.11. The number of halogens is 1. The number of aryl methyl sites for hydroxylation is 2. The van der Waals surface area contributed by atoms with Crippen LogP contribution in [-0.2, 0) is 4.79 Å². The normalized spacial score (nSPS) is 11.9. The third-order valence-corrected chi connectivity index (χ3v) is 5.52. The molecular weight excluding hydrogens is 410 g/mol. The standard InChI is InChI=1S/C21H16ClN3O3S/c1-11-8-14(9-12(2)18(11)28-13(3)26)10-17-20(27)25-21(29-17)23-19(24-25)15-4-6-16(22)7-5-15/h4-10H,1-3H3/b17-10+. The highest BCUT2D eigenvalue weighted by molar-refractivity contribution is 7.15. The Balaban J connectivity index is 1.75. The molecule has 0 aliphatic heterocycles. The quantitative estimate of drug-likeness (QED) is 0.370. The molecule has 2 aromatic carbocycles. The van der Waals surface area contributed by atoms with E-state index in [-0.39, 0.29) is 11.5 Å². The van der Waals surface area contributed by atoms with E-state index in [1.54, 1.807) is 18.2 Å². The lowest BCUT2D eigenvalue weighted by molar-refractivity contribution is -0.131. The van der Waals surface area contributed by atoms with Crippen molar-refractivity contribution in [3.63, 3.8) is 0 Å². The van der Waals surface area contributed by atoms with Crippen LogP contribution in [0.3, 0.4) is 0 Å². The van der Waals surface area contributed by atoms with Crippen molar-refractivity contribution >= 4 is 39.9 Å². The first-order valence-electron chi connectivity index (χ1n) is 8.79. The molecule has 0 fully saturated rings. The Hall–Kier alpha value is -3.03. The molecule has 29 heavy (non-hydrogen) atoms. The Morgan fingerprint density at radius 2 is 1.83 bits per heavy atom. The zero-order valence-electron chi connectivity index (χ0n) is 15.9. The smallest absolute Gasteiger partial charge is 0.308 e. The third kappa shape index (κ3) is 3.79. The third-order valence-electron chi connectivity index (χ3n) is 4.31. The molecule has 2 aromatic heterocycles. The van der Waals surface area contributed by atoms with Crippen LogP contribution in [0.25, 0.3) is 22.4 Å². The number of nitrogens with zero attached hydrogens (tertiary/aromatic N) is 3. The van der Waals surface area contributed by atoms with Crippen LogP contribution in [-0.4, -0.2) is 20.6 Å². The second kappa shape index (κ2) is 7.42. The van der Waals surface area contributed by atoms with Crippen LogP contribution in [0.5, 0.6) is 5.75 Å². The summed E-state index contributed by atoms with van der Waals surface area (Å²) >= 11 is 7.19. The summed E-state index contributed by atoms with van der Waals surface area (Å²) in [5, 5.41) is 4.97. The molecule has 146 valence electrons. The zero-order chi connectivity index (χ0) is 20.7. The van der Waals surface area contributed by atoms with Gasteiger partial charge in [0.05, 0.1) is 4.53 Å². The fourth-order valence-electron chi connectivity index (χ4n) is 3.08. The maximum Gasteiger partial charge on any atom is 0.308 e. The van der Waals surface area contributed by atoms with Crippen molar-refractivity contribution in [3.8, 4) is 17.1 Å². The Labute approximate surface area is 175 Å². The summed E-state index contributed by atoms with van der Waals surface area (Å²) in [6, 6.07) is 10.9. The summed E-state index contributed by atoms with van der Waals surface area (Å²) in [6.45, 7) is 5.10. The van der Waals surface area contributed by atoms with Gasteiger partial charge in [-0.15, -0.1) is 5.10 Å². The number of hydrogen-bond donors (Lipinski definition) is 0. The van der Waals surface area contributed by atoms with Crippen LogP contribution < -0.4 is 14.8 Å². The van der Waals surface area contributed by atoms with E-state index in [4.69, 9.17) is 16.3 Å². The Kier molecular flexibility index (Phi) is 4.94. The predicted octanol–water partition coefficient (Wildman–Crippen LogP) is 3.56. The first-order valence-corrected chi connectivity index (χ1v) is 9.98. The van der Waals surface area contributed by atoms with Gasteiger partial charge in [-0.2, -0.15) is 9.50 Å². The van der Waals surface area contributed by atoms with E-state index in [0.717, 1.165) is 22.3 Å². The maximum atomic E-state index is 12.8. The second-order valence-corrected chi connectivity index (χ2v) is 8.08. The molecule has 0 saturated carbocycles. The molecule has 0 unspecified atom stereocenters.